The van der Waals surface area contributed by atoms with Crippen LogP contribution < -0.4 is 21.7 Å². The third-order valence-electron chi connectivity index (χ3n) is 7.61. The maximum absolute atomic E-state index is 12.5. The Bertz CT molecular complexity index is 1220. The first kappa shape index (κ1) is 44.3. The van der Waals surface area contributed by atoms with Gasteiger partial charge < -0.3 is 42.1 Å². The van der Waals surface area contributed by atoms with Crippen LogP contribution in [0.15, 0.2) is 0 Å². The normalized spacial score (nSPS) is 13.9. The highest BCUT2D eigenvalue weighted by molar-refractivity contribution is 5.88. The molecule has 0 rings (SSSR count). The number of unbranched alkanes of at least 4 members (excludes halogenated alkanes) is 1. The van der Waals surface area contributed by atoms with Crippen molar-refractivity contribution >= 4 is 58.9 Å². The van der Waals surface area contributed by atoms with Crippen molar-refractivity contribution in [2.75, 3.05) is 6.54 Å². The predicted octanol–water partition coefficient (Wildman–Crippen LogP) is -0.211. The van der Waals surface area contributed by atoms with E-state index in [2.05, 4.69) is 16.0 Å². The molecule has 0 aromatic heterocycles. The summed E-state index contributed by atoms with van der Waals surface area (Å²) in [6, 6.07) is -3.46. The van der Waals surface area contributed by atoms with Gasteiger partial charge in [0.2, 0.25) is 17.7 Å². The molecule has 0 aliphatic rings. The molecule has 0 aliphatic heterocycles. The number of Topliss-reactive ketones (excluding diaryl/α,β-unsaturated/α-hetero) is 3. The van der Waals surface area contributed by atoms with E-state index >= 15 is 0 Å². The molecule has 0 radical (unpaired) electrons. The van der Waals surface area contributed by atoms with Crippen molar-refractivity contribution in [2.24, 2.45) is 17.6 Å². The van der Waals surface area contributed by atoms with Crippen LogP contribution in [0.1, 0.15) is 97.3 Å². The molecule has 0 fully saturated rings. The van der Waals surface area contributed by atoms with E-state index in [1.54, 1.807) is 0 Å². The van der Waals surface area contributed by atoms with Crippen LogP contribution in [0.2, 0.25) is 0 Å². The molecule has 0 unspecified atom stereocenters. The summed E-state index contributed by atoms with van der Waals surface area (Å²) >= 11 is 0. The standard InChI is InChI=1S/C31H48N4O14/c1-17(36)23(32)5-3-4-14-33-26(40)12-6-19(28(42)43)15-22(39)9-11-25(31(48)49)35-27(41)13-7-20(29(44)45)16-21(38)8-10-24(30(46)47)34-18(2)37/h19-20,23-25H,3-16,32H2,1-2H3,(H,33,40)(H,34,37)(H,35,41)(H,42,43)(H,44,45)(H,46,47)(H,48,49)/t19-,20-,23+,24+,25+/m1/s1. The number of rotatable bonds is 28. The number of nitrogens with two attached hydrogens (primary N) is 1. The van der Waals surface area contributed by atoms with E-state index in [-0.39, 0.29) is 44.3 Å². The van der Waals surface area contributed by atoms with Crippen LogP contribution in [-0.2, 0) is 47.9 Å². The van der Waals surface area contributed by atoms with Crippen LogP contribution in [0.3, 0.4) is 0 Å². The number of carboxylic acids is 4. The Kier molecular flexibility index (Phi) is 21.3. The van der Waals surface area contributed by atoms with Crippen molar-refractivity contribution in [3.8, 4) is 0 Å². The number of carbonyl (C=O) groups is 10. The molecule has 0 aliphatic carbocycles. The van der Waals surface area contributed by atoms with E-state index in [9.17, 15) is 63.3 Å². The Balaban J connectivity index is 4.79. The fourth-order valence-corrected chi connectivity index (χ4v) is 4.64. The summed E-state index contributed by atoms with van der Waals surface area (Å²) in [7, 11) is 0. The van der Waals surface area contributed by atoms with Crippen molar-refractivity contribution in [3.63, 3.8) is 0 Å². The van der Waals surface area contributed by atoms with Crippen LogP contribution >= 0.6 is 0 Å². The van der Waals surface area contributed by atoms with Gasteiger partial charge in [0.1, 0.15) is 29.4 Å². The molecule has 0 aromatic carbocycles. The minimum atomic E-state index is -1.55. The third kappa shape index (κ3) is 21.0. The van der Waals surface area contributed by atoms with Gasteiger partial charge in [-0.2, -0.15) is 0 Å². The average Bonchev–Trinajstić information content (AvgIpc) is 3.00. The molecule has 0 aromatic rings. The SMILES string of the molecule is CC(=O)N[C@@H](CCC(=O)C[C@@H](CCC(=O)N[C@@H](CCC(=O)C[C@@H](CCC(=O)NCCCC[C@H](N)C(C)=O)C(=O)O)C(=O)O)C(=O)O)C(=O)O. The summed E-state index contributed by atoms with van der Waals surface area (Å²) in [6.07, 6.45) is -1.94. The van der Waals surface area contributed by atoms with Gasteiger partial charge in [-0.05, 0) is 51.9 Å². The lowest BCUT2D eigenvalue weighted by Crippen LogP contribution is -2.41. The second kappa shape index (κ2) is 23.6. The van der Waals surface area contributed by atoms with Gasteiger partial charge in [0.25, 0.3) is 0 Å². The lowest BCUT2D eigenvalue weighted by atomic mass is 9.93. The summed E-state index contributed by atoms with van der Waals surface area (Å²) in [5, 5.41) is 44.5. The van der Waals surface area contributed by atoms with Crippen molar-refractivity contribution in [2.45, 2.75) is 115 Å². The Hall–Kier alpha value is -4.74. The Morgan fingerprint density at radius 1 is 0.551 bits per heavy atom. The number of hydrogen-bond donors (Lipinski definition) is 8. The molecule has 0 bridgehead atoms. The Labute approximate surface area is 282 Å². The van der Waals surface area contributed by atoms with Gasteiger partial charge in [0, 0.05) is 52.0 Å². The first-order valence-corrected chi connectivity index (χ1v) is 15.9. The molecule has 18 nitrogen and oxygen atoms in total. The van der Waals surface area contributed by atoms with E-state index in [1.165, 1.54) is 6.92 Å². The molecule has 0 heterocycles. The number of amides is 3. The summed E-state index contributed by atoms with van der Waals surface area (Å²) in [5.74, 6) is -11.4. The van der Waals surface area contributed by atoms with Crippen LogP contribution in [0.4, 0.5) is 0 Å². The van der Waals surface area contributed by atoms with Gasteiger partial charge in [0.15, 0.2) is 0 Å². The van der Waals surface area contributed by atoms with E-state index in [0.29, 0.717) is 25.8 Å². The first-order chi connectivity index (χ1) is 22.8. The Morgan fingerprint density at radius 2 is 1.00 bits per heavy atom. The molecule has 276 valence electrons. The van der Waals surface area contributed by atoms with Crippen molar-refractivity contribution < 1.29 is 68.4 Å². The topological polar surface area (TPSA) is 314 Å². The summed E-state index contributed by atoms with van der Waals surface area (Å²) in [6.45, 7) is 2.78. The minimum Gasteiger partial charge on any atom is -0.481 e. The smallest absolute Gasteiger partial charge is 0.326 e. The largest absolute Gasteiger partial charge is 0.481 e. The number of ketones is 3. The lowest BCUT2D eigenvalue weighted by Gasteiger charge is -2.17. The zero-order valence-electron chi connectivity index (χ0n) is 27.7. The number of carbonyl (C=O) groups excluding carboxylic acids is 6. The molecule has 3 amide bonds. The lowest BCUT2D eigenvalue weighted by molar-refractivity contribution is -0.145. The average molecular weight is 701 g/mol. The van der Waals surface area contributed by atoms with Gasteiger partial charge in [-0.1, -0.05) is 0 Å². The highest BCUT2D eigenvalue weighted by Gasteiger charge is 2.28. The van der Waals surface area contributed by atoms with Gasteiger partial charge in [-0.25, -0.2) is 9.59 Å². The molecule has 5 atom stereocenters. The van der Waals surface area contributed by atoms with Crippen LogP contribution in [0.5, 0.6) is 0 Å². The fourth-order valence-electron chi connectivity index (χ4n) is 4.64. The van der Waals surface area contributed by atoms with Gasteiger partial charge in [-0.15, -0.1) is 0 Å². The van der Waals surface area contributed by atoms with Crippen molar-refractivity contribution in [1.29, 1.82) is 0 Å². The summed E-state index contributed by atoms with van der Waals surface area (Å²) in [4.78, 5) is 118. The molecule has 0 saturated carbocycles. The van der Waals surface area contributed by atoms with E-state index in [1.807, 2.05) is 0 Å². The molecule has 18 heteroatoms. The highest BCUT2D eigenvalue weighted by Crippen LogP contribution is 2.17. The molecule has 9 N–H and O–H groups in total. The van der Waals surface area contributed by atoms with Crippen LogP contribution in [0.25, 0.3) is 0 Å². The van der Waals surface area contributed by atoms with Gasteiger partial charge in [-0.3, -0.25) is 38.4 Å². The molecular weight excluding hydrogens is 652 g/mol. The highest BCUT2D eigenvalue weighted by atomic mass is 16.4. The first-order valence-electron chi connectivity index (χ1n) is 15.9. The second-order valence-corrected chi connectivity index (χ2v) is 11.8. The summed E-state index contributed by atoms with van der Waals surface area (Å²) < 4.78 is 0. The van der Waals surface area contributed by atoms with Crippen LogP contribution in [0, 0.1) is 11.8 Å². The maximum Gasteiger partial charge on any atom is 0.326 e. The molecule has 49 heavy (non-hydrogen) atoms. The molecule has 0 spiro atoms. The zero-order chi connectivity index (χ0) is 37.7. The third-order valence-corrected chi connectivity index (χ3v) is 7.61. The number of hydrogen-bond acceptors (Lipinski definition) is 11. The number of nitrogens with one attached hydrogen (secondary N) is 3. The second-order valence-electron chi connectivity index (χ2n) is 11.8. The van der Waals surface area contributed by atoms with E-state index in [0.717, 1.165) is 6.92 Å². The monoisotopic (exact) mass is 700 g/mol. The number of carboxylic acid groups (broad SMARTS) is 4. The van der Waals surface area contributed by atoms with E-state index < -0.39 is 109 Å². The van der Waals surface area contributed by atoms with Crippen LogP contribution in [-0.4, -0.2) is 104 Å². The van der Waals surface area contributed by atoms with Crippen molar-refractivity contribution in [3.05, 3.63) is 0 Å². The maximum atomic E-state index is 12.5. The summed E-state index contributed by atoms with van der Waals surface area (Å²) in [5.41, 5.74) is 5.64. The predicted molar refractivity (Wildman–Crippen MR) is 169 cm³/mol. The van der Waals surface area contributed by atoms with Crippen molar-refractivity contribution in [1.82, 2.24) is 16.0 Å². The quantitative estimate of drug-likeness (QED) is 0.0490. The van der Waals surface area contributed by atoms with Gasteiger partial charge >= 0.3 is 23.9 Å². The van der Waals surface area contributed by atoms with Gasteiger partial charge in [0.05, 0.1) is 17.9 Å². The minimum absolute atomic E-state index is 0.135. The molecule has 0 saturated heterocycles. The zero-order valence-corrected chi connectivity index (χ0v) is 27.7. The fraction of sp³-hybridized carbons (Fsp3) is 0.677. The Morgan fingerprint density at radius 3 is 1.41 bits per heavy atom. The molecular formula is C31H48N4O14. The number of aliphatic carboxylic acids is 4. The van der Waals surface area contributed by atoms with E-state index in [4.69, 9.17) is 10.8 Å².